The van der Waals surface area contributed by atoms with Gasteiger partial charge in [0, 0.05) is 5.69 Å². The van der Waals surface area contributed by atoms with Crippen molar-refractivity contribution in [2.45, 2.75) is 6.92 Å². The SMILES string of the molecule is Cc1ccc(C(=O)Oc2cccc(/C=C(\C#N)C(=O)Nc3ccc(C(=O)O)cc3)c2)cc1. The molecule has 0 saturated heterocycles. The number of nitrogens with zero attached hydrogens (tertiary/aromatic N) is 1. The van der Waals surface area contributed by atoms with Gasteiger partial charge in [-0.1, -0.05) is 29.8 Å². The van der Waals surface area contributed by atoms with E-state index in [0.717, 1.165) is 5.56 Å². The lowest BCUT2D eigenvalue weighted by molar-refractivity contribution is -0.112. The maximum atomic E-state index is 12.4. The number of carboxylic acid groups (broad SMARTS) is 1. The summed E-state index contributed by atoms with van der Waals surface area (Å²) in [6.45, 7) is 1.92. The molecule has 158 valence electrons. The molecule has 7 nitrogen and oxygen atoms in total. The number of anilines is 1. The number of amides is 1. The Bertz CT molecular complexity index is 1240. The molecule has 0 aromatic heterocycles. The topological polar surface area (TPSA) is 116 Å². The highest BCUT2D eigenvalue weighted by atomic mass is 16.5. The number of nitriles is 1. The molecule has 0 atom stereocenters. The Hall–Kier alpha value is -4.70. The van der Waals surface area contributed by atoms with Crippen LogP contribution in [0.1, 0.15) is 31.8 Å². The van der Waals surface area contributed by atoms with Crippen LogP contribution >= 0.6 is 0 Å². The third-order valence-electron chi connectivity index (χ3n) is 4.42. The first-order valence-corrected chi connectivity index (χ1v) is 9.51. The predicted molar refractivity (Wildman–Crippen MR) is 118 cm³/mol. The normalized spacial score (nSPS) is 10.7. The van der Waals surface area contributed by atoms with Crippen LogP contribution in [0.3, 0.4) is 0 Å². The average Bonchev–Trinajstić information content (AvgIpc) is 2.78. The van der Waals surface area contributed by atoms with E-state index in [-0.39, 0.29) is 16.9 Å². The van der Waals surface area contributed by atoms with Gasteiger partial charge >= 0.3 is 11.9 Å². The van der Waals surface area contributed by atoms with Crippen molar-refractivity contribution >= 4 is 29.6 Å². The van der Waals surface area contributed by atoms with Crippen LogP contribution in [0, 0.1) is 18.3 Å². The quantitative estimate of drug-likeness (QED) is 0.260. The lowest BCUT2D eigenvalue weighted by atomic mass is 10.1. The standard InChI is InChI=1S/C25H18N2O5/c1-16-5-7-19(8-6-16)25(31)32-22-4-2-3-17(14-22)13-20(15-26)23(28)27-21-11-9-18(10-12-21)24(29)30/h2-14H,1H3,(H,27,28)(H,29,30)/b20-13+. The number of hydrogen-bond acceptors (Lipinski definition) is 5. The van der Waals surface area contributed by atoms with Gasteiger partial charge < -0.3 is 15.2 Å². The average molecular weight is 426 g/mol. The largest absolute Gasteiger partial charge is 0.478 e. The van der Waals surface area contributed by atoms with E-state index in [9.17, 15) is 19.6 Å². The van der Waals surface area contributed by atoms with Crippen LogP contribution in [0.5, 0.6) is 5.75 Å². The molecule has 32 heavy (non-hydrogen) atoms. The molecule has 0 aliphatic carbocycles. The Morgan fingerprint density at radius 2 is 1.62 bits per heavy atom. The van der Waals surface area contributed by atoms with Gasteiger partial charge in [0.15, 0.2) is 0 Å². The highest BCUT2D eigenvalue weighted by Crippen LogP contribution is 2.19. The molecule has 3 rings (SSSR count). The molecule has 0 fully saturated rings. The Kier molecular flexibility index (Phi) is 6.78. The van der Waals surface area contributed by atoms with E-state index < -0.39 is 17.8 Å². The number of hydrogen-bond donors (Lipinski definition) is 2. The second-order valence-electron chi connectivity index (χ2n) is 6.83. The van der Waals surface area contributed by atoms with Gasteiger partial charge in [0.1, 0.15) is 17.4 Å². The number of ether oxygens (including phenoxy) is 1. The zero-order valence-electron chi connectivity index (χ0n) is 17.0. The summed E-state index contributed by atoms with van der Waals surface area (Å²) in [6, 6.07) is 20.8. The molecule has 0 heterocycles. The number of rotatable bonds is 6. The Morgan fingerprint density at radius 1 is 0.969 bits per heavy atom. The third-order valence-corrected chi connectivity index (χ3v) is 4.42. The van der Waals surface area contributed by atoms with Gasteiger partial charge in [0.05, 0.1) is 11.1 Å². The van der Waals surface area contributed by atoms with Gasteiger partial charge in [-0.25, -0.2) is 9.59 Å². The zero-order valence-corrected chi connectivity index (χ0v) is 17.0. The van der Waals surface area contributed by atoms with Gasteiger partial charge in [-0.15, -0.1) is 0 Å². The molecular formula is C25H18N2O5. The zero-order chi connectivity index (χ0) is 23.1. The van der Waals surface area contributed by atoms with Gasteiger partial charge in [0.2, 0.25) is 0 Å². The van der Waals surface area contributed by atoms with Crippen molar-refractivity contribution in [3.05, 3.63) is 101 Å². The fraction of sp³-hybridized carbons (Fsp3) is 0.0400. The molecule has 3 aromatic rings. The molecule has 0 saturated carbocycles. The molecule has 0 radical (unpaired) electrons. The minimum atomic E-state index is -1.08. The third kappa shape index (κ3) is 5.68. The number of benzene rings is 3. The highest BCUT2D eigenvalue weighted by Gasteiger charge is 2.12. The fourth-order valence-electron chi connectivity index (χ4n) is 2.73. The molecule has 0 aliphatic rings. The van der Waals surface area contributed by atoms with Crippen molar-refractivity contribution in [3.8, 4) is 11.8 Å². The smallest absolute Gasteiger partial charge is 0.343 e. The summed E-state index contributed by atoms with van der Waals surface area (Å²) in [4.78, 5) is 35.6. The summed E-state index contributed by atoms with van der Waals surface area (Å²) < 4.78 is 5.38. The van der Waals surface area contributed by atoms with E-state index in [4.69, 9.17) is 9.84 Å². The molecule has 0 unspecified atom stereocenters. The van der Waals surface area contributed by atoms with Crippen molar-refractivity contribution in [3.63, 3.8) is 0 Å². The Balaban J connectivity index is 1.73. The van der Waals surface area contributed by atoms with E-state index in [1.54, 1.807) is 36.4 Å². The highest BCUT2D eigenvalue weighted by molar-refractivity contribution is 6.09. The summed E-state index contributed by atoms with van der Waals surface area (Å²) in [7, 11) is 0. The molecule has 7 heteroatoms. The van der Waals surface area contributed by atoms with Crippen LogP contribution in [-0.2, 0) is 4.79 Å². The minimum absolute atomic E-state index is 0.0797. The first-order valence-electron chi connectivity index (χ1n) is 9.51. The number of aryl methyl sites for hydroxylation is 1. The number of esters is 1. The van der Waals surface area contributed by atoms with Gasteiger partial charge in [-0.05, 0) is 67.1 Å². The Morgan fingerprint density at radius 3 is 2.25 bits per heavy atom. The summed E-state index contributed by atoms with van der Waals surface area (Å²) >= 11 is 0. The maximum Gasteiger partial charge on any atom is 0.343 e. The lowest BCUT2D eigenvalue weighted by Crippen LogP contribution is -2.13. The van der Waals surface area contributed by atoms with Gasteiger partial charge in [-0.2, -0.15) is 5.26 Å². The number of aromatic carboxylic acids is 1. The van der Waals surface area contributed by atoms with Crippen molar-refractivity contribution < 1.29 is 24.2 Å². The summed E-state index contributed by atoms with van der Waals surface area (Å²) in [5.74, 6) is -1.98. The first kappa shape index (κ1) is 22.0. The van der Waals surface area contributed by atoms with E-state index in [0.29, 0.717) is 16.8 Å². The summed E-state index contributed by atoms with van der Waals surface area (Å²) in [5.41, 5.74) is 2.18. The van der Waals surface area contributed by atoms with E-state index in [1.165, 1.54) is 30.3 Å². The number of carbonyl (C=O) groups excluding carboxylic acids is 2. The molecule has 0 spiro atoms. The van der Waals surface area contributed by atoms with Crippen LogP contribution in [0.15, 0.2) is 78.4 Å². The second kappa shape index (κ2) is 9.87. The number of carbonyl (C=O) groups is 3. The second-order valence-corrected chi connectivity index (χ2v) is 6.83. The predicted octanol–water partition coefficient (Wildman–Crippen LogP) is 4.46. The van der Waals surface area contributed by atoms with Crippen molar-refractivity contribution in [2.24, 2.45) is 0 Å². The van der Waals surface area contributed by atoms with E-state index in [2.05, 4.69) is 5.32 Å². The van der Waals surface area contributed by atoms with E-state index in [1.807, 2.05) is 25.1 Å². The molecule has 1 amide bonds. The number of carboxylic acids is 1. The van der Waals surface area contributed by atoms with Crippen molar-refractivity contribution in [2.75, 3.05) is 5.32 Å². The van der Waals surface area contributed by atoms with Gasteiger partial charge in [-0.3, -0.25) is 4.79 Å². The minimum Gasteiger partial charge on any atom is -0.478 e. The van der Waals surface area contributed by atoms with Crippen LogP contribution in [-0.4, -0.2) is 23.0 Å². The Labute approximate surface area is 184 Å². The maximum absolute atomic E-state index is 12.4. The lowest BCUT2D eigenvalue weighted by Gasteiger charge is -2.07. The van der Waals surface area contributed by atoms with Crippen LogP contribution in [0.25, 0.3) is 6.08 Å². The molecule has 3 aromatic carbocycles. The van der Waals surface area contributed by atoms with Crippen molar-refractivity contribution in [1.82, 2.24) is 0 Å². The summed E-state index contributed by atoms with van der Waals surface area (Å²) in [5, 5.41) is 20.9. The molecular weight excluding hydrogens is 408 g/mol. The monoisotopic (exact) mass is 426 g/mol. The van der Waals surface area contributed by atoms with Crippen molar-refractivity contribution in [1.29, 1.82) is 5.26 Å². The van der Waals surface area contributed by atoms with Gasteiger partial charge in [0.25, 0.3) is 5.91 Å². The van der Waals surface area contributed by atoms with Crippen LogP contribution in [0.2, 0.25) is 0 Å². The van der Waals surface area contributed by atoms with Crippen LogP contribution < -0.4 is 10.1 Å². The fourth-order valence-corrected chi connectivity index (χ4v) is 2.73. The first-order chi connectivity index (χ1) is 15.4. The molecule has 0 aliphatic heterocycles. The van der Waals surface area contributed by atoms with E-state index >= 15 is 0 Å². The summed E-state index contributed by atoms with van der Waals surface area (Å²) in [6.07, 6.45) is 1.37. The van der Waals surface area contributed by atoms with Crippen LogP contribution in [0.4, 0.5) is 5.69 Å². The molecule has 2 N–H and O–H groups in total. The molecule has 0 bridgehead atoms. The number of nitrogens with one attached hydrogen (secondary N) is 1.